The van der Waals surface area contributed by atoms with Gasteiger partial charge >= 0.3 is 183 Å². The molecule has 0 aromatic rings. The number of rotatable bonds is 2. The van der Waals surface area contributed by atoms with Crippen LogP contribution in [-0.2, 0) is 17.0 Å². The van der Waals surface area contributed by atoms with Gasteiger partial charge in [0.25, 0.3) is 0 Å². The van der Waals surface area contributed by atoms with Crippen molar-refractivity contribution in [2.24, 2.45) is 0 Å². The van der Waals surface area contributed by atoms with E-state index in [1.54, 1.807) is 0 Å². The summed E-state index contributed by atoms with van der Waals surface area (Å²) in [6, 6.07) is 0. The monoisotopic (exact) mass is 512 g/mol. The Bertz CT molecular complexity index is 385. The maximum atomic E-state index is 2.58. The quantitative estimate of drug-likeness (QED) is 0.255. The van der Waals surface area contributed by atoms with Crippen LogP contribution in [0, 0.1) is 0 Å². The van der Waals surface area contributed by atoms with Gasteiger partial charge in [-0.1, -0.05) is 0 Å². The minimum atomic E-state index is -1.75. The zero-order chi connectivity index (χ0) is 22.7. The topological polar surface area (TPSA) is 0 Å². The average molecular weight is 513 g/mol. The molecule has 0 heterocycles. The molecule has 27 heavy (non-hydrogen) atoms. The standard InChI is InChI=1S/2C12H27P.Pd/c2*1-10(2,3)13(11(4,5)6)12(7,8)9;/h2*1-9H3;/q;;-4/p+2. The fourth-order valence-electron chi connectivity index (χ4n) is 7.64. The minimum absolute atomic E-state index is 0.387. The van der Waals surface area contributed by atoms with Gasteiger partial charge < -0.3 is 0 Å². The van der Waals surface area contributed by atoms with Crippen LogP contribution in [0.4, 0.5) is 0 Å². The second-order valence-electron chi connectivity index (χ2n) is 14.8. The Balaban J connectivity index is 7.45. The van der Waals surface area contributed by atoms with Gasteiger partial charge in [0.1, 0.15) is 0 Å². The first-order valence-electron chi connectivity index (χ1n) is 10.8. The SMILES string of the molecule is CC(C)(C)[PH]([Pd-2][PH](C(C)(C)C)(C(C)(C)C)C(C)(C)C)(C(C)(C)C)C(C)(C)C. The van der Waals surface area contributed by atoms with Crippen molar-refractivity contribution < 1.29 is 17.0 Å². The van der Waals surface area contributed by atoms with E-state index in [0.717, 1.165) is 17.0 Å². The second kappa shape index (κ2) is 7.58. The van der Waals surface area contributed by atoms with Crippen LogP contribution >= 0.6 is 10.9 Å². The van der Waals surface area contributed by atoms with Crippen molar-refractivity contribution in [3.63, 3.8) is 0 Å². The number of hydrogen-bond acceptors (Lipinski definition) is 0. The third kappa shape index (κ3) is 4.74. The van der Waals surface area contributed by atoms with Crippen molar-refractivity contribution in [2.75, 3.05) is 0 Å². The Morgan fingerprint density at radius 2 is 0.407 bits per heavy atom. The molecule has 0 aromatic heterocycles. The Morgan fingerprint density at radius 3 is 0.481 bits per heavy atom. The van der Waals surface area contributed by atoms with E-state index >= 15 is 0 Å². The second-order valence-corrected chi connectivity index (χ2v) is 37.4. The van der Waals surface area contributed by atoms with E-state index in [2.05, 4.69) is 125 Å². The van der Waals surface area contributed by atoms with Crippen LogP contribution in [0.1, 0.15) is 125 Å². The van der Waals surface area contributed by atoms with Gasteiger partial charge in [-0.15, -0.1) is 0 Å². The first-order valence-corrected chi connectivity index (χ1v) is 19.1. The molecular formula is C24H56P2Pd-2. The molecule has 0 rings (SSSR count). The van der Waals surface area contributed by atoms with E-state index in [9.17, 15) is 0 Å². The fourth-order valence-corrected chi connectivity index (χ4v) is 67.6. The normalized spacial score (nSPS) is 18.0. The summed E-state index contributed by atoms with van der Waals surface area (Å²) in [6.45, 7) is 46.5. The Kier molecular flexibility index (Phi) is 8.01. The first kappa shape index (κ1) is 28.5. The Hall–Kier alpha value is 1.52. The van der Waals surface area contributed by atoms with Crippen LogP contribution in [0.2, 0.25) is 0 Å². The van der Waals surface area contributed by atoms with E-state index in [4.69, 9.17) is 0 Å². The van der Waals surface area contributed by atoms with Crippen LogP contribution < -0.4 is 0 Å². The predicted octanol–water partition coefficient (Wildman–Crippen LogP) is 9.19. The Morgan fingerprint density at radius 1 is 0.296 bits per heavy atom. The molecule has 0 radical (unpaired) electrons. The fraction of sp³-hybridized carbons (Fsp3) is 1.00. The molecule has 0 aliphatic carbocycles. The van der Waals surface area contributed by atoms with E-state index in [1.165, 1.54) is 0 Å². The van der Waals surface area contributed by atoms with E-state index in [0.29, 0.717) is 30.9 Å². The van der Waals surface area contributed by atoms with Crippen LogP contribution in [0.25, 0.3) is 0 Å². The first-order chi connectivity index (χ1) is 11.2. The van der Waals surface area contributed by atoms with E-state index in [1.807, 2.05) is 0 Å². The van der Waals surface area contributed by atoms with E-state index in [-0.39, 0.29) is 0 Å². The molecule has 0 saturated carbocycles. The molecule has 174 valence electrons. The van der Waals surface area contributed by atoms with Crippen molar-refractivity contribution in [3.8, 4) is 0 Å². The van der Waals surface area contributed by atoms with Crippen molar-refractivity contribution in [1.29, 1.82) is 0 Å². The molecule has 0 fully saturated rings. The van der Waals surface area contributed by atoms with Gasteiger partial charge in [-0.3, -0.25) is 0 Å². The molecule has 0 spiro atoms. The van der Waals surface area contributed by atoms with E-state index < -0.39 is 10.9 Å². The summed E-state index contributed by atoms with van der Waals surface area (Å²) in [5.74, 6) is 0. The maximum absolute atomic E-state index is 2.58. The van der Waals surface area contributed by atoms with Crippen molar-refractivity contribution in [1.82, 2.24) is 0 Å². The van der Waals surface area contributed by atoms with Gasteiger partial charge in [-0.2, -0.15) is 0 Å². The summed E-state index contributed by atoms with van der Waals surface area (Å²) in [5, 5.41) is 2.32. The number of hydrogen-bond donors (Lipinski definition) is 0. The van der Waals surface area contributed by atoms with Crippen LogP contribution in [0.5, 0.6) is 0 Å². The third-order valence-corrected chi connectivity index (χ3v) is 51.4. The molecule has 0 aliphatic heterocycles. The summed E-state index contributed by atoms with van der Waals surface area (Å²) >= 11 is 0.849. The summed E-state index contributed by atoms with van der Waals surface area (Å²) in [6.07, 6.45) is 0. The van der Waals surface area contributed by atoms with Gasteiger partial charge in [0.2, 0.25) is 0 Å². The van der Waals surface area contributed by atoms with Gasteiger partial charge in [0, 0.05) is 0 Å². The summed E-state index contributed by atoms with van der Waals surface area (Å²) in [4.78, 5) is 0. The van der Waals surface area contributed by atoms with Gasteiger partial charge in [0.15, 0.2) is 0 Å². The molecule has 0 nitrogen and oxygen atoms in total. The molecular weight excluding hydrogens is 457 g/mol. The average Bonchev–Trinajstić information content (AvgIpc) is 2.16. The molecule has 0 atom stereocenters. The van der Waals surface area contributed by atoms with Crippen LogP contribution in [-0.4, -0.2) is 30.9 Å². The third-order valence-electron chi connectivity index (χ3n) is 6.16. The molecule has 3 heteroatoms. The van der Waals surface area contributed by atoms with Crippen molar-refractivity contribution in [3.05, 3.63) is 0 Å². The molecule has 0 unspecified atom stereocenters. The summed E-state index contributed by atoms with van der Waals surface area (Å²) < 4.78 is 0. The zero-order valence-electron chi connectivity index (χ0n) is 22.3. The molecule has 0 bridgehead atoms. The predicted molar refractivity (Wildman–Crippen MR) is 135 cm³/mol. The molecule has 0 saturated heterocycles. The van der Waals surface area contributed by atoms with Crippen molar-refractivity contribution >= 4 is 10.9 Å². The summed E-state index contributed by atoms with van der Waals surface area (Å²) in [5.41, 5.74) is -3.51. The van der Waals surface area contributed by atoms with Crippen LogP contribution in [0.15, 0.2) is 0 Å². The molecule has 0 N–H and O–H groups in total. The zero-order valence-corrected chi connectivity index (χ0v) is 25.9. The van der Waals surface area contributed by atoms with Crippen LogP contribution in [0.3, 0.4) is 0 Å². The Labute approximate surface area is 183 Å². The summed E-state index contributed by atoms with van der Waals surface area (Å²) in [7, 11) is 0. The van der Waals surface area contributed by atoms with Gasteiger partial charge in [0.05, 0.1) is 0 Å². The molecule has 0 aliphatic rings. The molecule has 0 amide bonds. The van der Waals surface area contributed by atoms with Gasteiger partial charge in [-0.25, -0.2) is 0 Å². The molecule has 0 aromatic carbocycles. The van der Waals surface area contributed by atoms with Crippen molar-refractivity contribution in [2.45, 2.75) is 156 Å². The van der Waals surface area contributed by atoms with Gasteiger partial charge in [-0.05, 0) is 0 Å².